The summed E-state index contributed by atoms with van der Waals surface area (Å²) in [7, 11) is 0. The van der Waals surface area contributed by atoms with Crippen molar-refractivity contribution in [2.24, 2.45) is 0 Å². The number of nitrogen functional groups attached to an aromatic ring is 1. The van der Waals surface area contributed by atoms with Crippen molar-refractivity contribution in [1.82, 2.24) is 20.2 Å². The highest BCUT2D eigenvalue weighted by molar-refractivity contribution is 5.67. The molecule has 0 aliphatic rings. The second-order valence-corrected chi connectivity index (χ2v) is 4.97. The second kappa shape index (κ2) is 6.00. The number of nitrogens with zero attached hydrogens (tertiary/aromatic N) is 4. The van der Waals surface area contributed by atoms with Crippen LogP contribution in [0.15, 0.2) is 12.1 Å². The van der Waals surface area contributed by atoms with Crippen molar-refractivity contribution in [3.63, 3.8) is 0 Å². The van der Waals surface area contributed by atoms with E-state index in [1.54, 1.807) is 4.68 Å². The molecule has 1 heterocycles. The molecule has 6 nitrogen and oxygen atoms in total. The Labute approximate surface area is 118 Å². The molecule has 0 aliphatic heterocycles. The van der Waals surface area contributed by atoms with Crippen LogP contribution in [-0.4, -0.2) is 32.9 Å². The van der Waals surface area contributed by atoms with Gasteiger partial charge in [0.05, 0.1) is 12.6 Å². The lowest BCUT2D eigenvalue weighted by molar-refractivity contribution is 0.0614. The number of nitrogens with two attached hydrogens (primary N) is 1. The number of hydrogen-bond donors (Lipinski definition) is 1. The van der Waals surface area contributed by atoms with Crippen LogP contribution in [0, 0.1) is 13.8 Å². The lowest BCUT2D eigenvalue weighted by atomic mass is 10.0. The minimum Gasteiger partial charge on any atom is -0.398 e. The van der Waals surface area contributed by atoms with Gasteiger partial charge < -0.3 is 10.5 Å². The SMILES string of the molecule is CCOC(C)Cn1nnnc1-c1cc(N)c(C)cc1C. The summed E-state index contributed by atoms with van der Waals surface area (Å²) < 4.78 is 7.30. The lowest BCUT2D eigenvalue weighted by Gasteiger charge is -2.13. The highest BCUT2D eigenvalue weighted by atomic mass is 16.5. The number of ether oxygens (including phenoxy) is 1. The van der Waals surface area contributed by atoms with Crippen LogP contribution in [-0.2, 0) is 11.3 Å². The van der Waals surface area contributed by atoms with Crippen LogP contribution in [0.2, 0.25) is 0 Å². The Morgan fingerprint density at radius 1 is 1.30 bits per heavy atom. The predicted molar refractivity (Wildman–Crippen MR) is 78.2 cm³/mol. The van der Waals surface area contributed by atoms with Crippen LogP contribution in [0.25, 0.3) is 11.4 Å². The smallest absolute Gasteiger partial charge is 0.182 e. The summed E-state index contributed by atoms with van der Waals surface area (Å²) in [5, 5.41) is 11.9. The maximum absolute atomic E-state index is 5.99. The standard InChI is InChI=1S/C14H21N5O/c1-5-20-11(4)8-19-14(16-17-18-19)12-7-13(15)10(3)6-9(12)2/h6-7,11H,5,8,15H2,1-4H3. The first-order valence-electron chi connectivity index (χ1n) is 6.77. The van der Waals surface area contributed by atoms with Gasteiger partial charge in [0.1, 0.15) is 0 Å². The van der Waals surface area contributed by atoms with Gasteiger partial charge in [0.2, 0.25) is 0 Å². The van der Waals surface area contributed by atoms with E-state index in [9.17, 15) is 0 Å². The third kappa shape index (κ3) is 2.96. The topological polar surface area (TPSA) is 78.8 Å². The highest BCUT2D eigenvalue weighted by Crippen LogP contribution is 2.26. The average Bonchev–Trinajstić information content (AvgIpc) is 2.82. The Kier molecular flexibility index (Phi) is 4.34. The summed E-state index contributed by atoms with van der Waals surface area (Å²) >= 11 is 0. The van der Waals surface area contributed by atoms with Crippen molar-refractivity contribution in [1.29, 1.82) is 0 Å². The van der Waals surface area contributed by atoms with Crippen molar-refractivity contribution in [3.8, 4) is 11.4 Å². The van der Waals surface area contributed by atoms with Gasteiger partial charge in [-0.2, -0.15) is 0 Å². The van der Waals surface area contributed by atoms with Crippen molar-refractivity contribution < 1.29 is 4.74 Å². The molecule has 0 saturated heterocycles. The first kappa shape index (κ1) is 14.5. The van der Waals surface area contributed by atoms with Gasteiger partial charge in [-0.3, -0.25) is 0 Å². The first-order chi connectivity index (χ1) is 9.52. The van der Waals surface area contributed by atoms with Gasteiger partial charge in [-0.25, -0.2) is 4.68 Å². The summed E-state index contributed by atoms with van der Waals surface area (Å²) in [6.07, 6.45) is 0.0605. The Bertz CT molecular complexity index is 593. The lowest BCUT2D eigenvalue weighted by Crippen LogP contribution is -2.18. The summed E-state index contributed by atoms with van der Waals surface area (Å²) in [4.78, 5) is 0. The minimum absolute atomic E-state index is 0.0605. The quantitative estimate of drug-likeness (QED) is 0.844. The molecular weight excluding hydrogens is 254 g/mol. The molecule has 0 spiro atoms. The number of tetrazole rings is 1. The third-order valence-electron chi connectivity index (χ3n) is 3.27. The molecule has 1 atom stereocenters. The maximum Gasteiger partial charge on any atom is 0.182 e. The zero-order chi connectivity index (χ0) is 14.7. The largest absolute Gasteiger partial charge is 0.398 e. The molecule has 20 heavy (non-hydrogen) atoms. The van der Waals surface area contributed by atoms with E-state index in [-0.39, 0.29) is 6.10 Å². The number of hydrogen-bond acceptors (Lipinski definition) is 5. The highest BCUT2D eigenvalue weighted by Gasteiger charge is 2.15. The predicted octanol–water partition coefficient (Wildman–Crippen LogP) is 1.96. The Morgan fingerprint density at radius 3 is 2.75 bits per heavy atom. The van der Waals surface area contributed by atoms with Gasteiger partial charge in [0.15, 0.2) is 5.82 Å². The van der Waals surface area contributed by atoms with Crippen molar-refractivity contribution >= 4 is 5.69 Å². The van der Waals surface area contributed by atoms with E-state index in [0.717, 1.165) is 28.2 Å². The number of aryl methyl sites for hydroxylation is 2. The van der Waals surface area contributed by atoms with Crippen molar-refractivity contribution in [3.05, 3.63) is 23.3 Å². The van der Waals surface area contributed by atoms with Crippen LogP contribution in [0.5, 0.6) is 0 Å². The van der Waals surface area contributed by atoms with Crippen molar-refractivity contribution in [2.45, 2.75) is 40.3 Å². The summed E-state index contributed by atoms with van der Waals surface area (Å²) in [6, 6.07) is 3.98. The second-order valence-electron chi connectivity index (χ2n) is 4.97. The van der Waals surface area contributed by atoms with E-state index in [4.69, 9.17) is 10.5 Å². The molecule has 1 aromatic heterocycles. The Morgan fingerprint density at radius 2 is 2.05 bits per heavy atom. The summed E-state index contributed by atoms with van der Waals surface area (Å²) in [5.74, 6) is 0.723. The molecule has 1 unspecified atom stereocenters. The van der Waals surface area contributed by atoms with Crippen LogP contribution < -0.4 is 5.73 Å². The molecule has 108 valence electrons. The molecule has 0 saturated carbocycles. The Balaban J connectivity index is 2.35. The molecule has 0 radical (unpaired) electrons. The molecular formula is C14H21N5O. The van der Waals surface area contributed by atoms with E-state index >= 15 is 0 Å². The van der Waals surface area contributed by atoms with E-state index in [2.05, 4.69) is 21.6 Å². The molecule has 0 bridgehead atoms. The number of rotatable bonds is 5. The molecule has 2 N–H and O–H groups in total. The third-order valence-corrected chi connectivity index (χ3v) is 3.27. The zero-order valence-electron chi connectivity index (χ0n) is 12.4. The zero-order valence-corrected chi connectivity index (χ0v) is 12.4. The summed E-state index contributed by atoms with van der Waals surface area (Å²) in [6.45, 7) is 9.30. The minimum atomic E-state index is 0.0605. The average molecular weight is 275 g/mol. The fraction of sp³-hybridized carbons (Fsp3) is 0.500. The Hall–Kier alpha value is -1.95. The molecule has 1 aromatic carbocycles. The molecule has 6 heteroatoms. The van der Waals surface area contributed by atoms with E-state index in [1.165, 1.54) is 0 Å². The normalized spacial score (nSPS) is 12.6. The van der Waals surface area contributed by atoms with Gasteiger partial charge in [0, 0.05) is 17.9 Å². The summed E-state index contributed by atoms with van der Waals surface area (Å²) in [5.41, 5.74) is 9.87. The fourth-order valence-electron chi connectivity index (χ4n) is 2.21. The van der Waals surface area contributed by atoms with E-state index in [0.29, 0.717) is 13.2 Å². The molecule has 2 aromatic rings. The monoisotopic (exact) mass is 275 g/mol. The van der Waals surface area contributed by atoms with Crippen molar-refractivity contribution in [2.75, 3.05) is 12.3 Å². The van der Waals surface area contributed by atoms with Crippen LogP contribution in [0.4, 0.5) is 5.69 Å². The van der Waals surface area contributed by atoms with Crippen LogP contribution >= 0.6 is 0 Å². The fourth-order valence-corrected chi connectivity index (χ4v) is 2.21. The molecule has 0 fully saturated rings. The number of benzene rings is 1. The number of anilines is 1. The maximum atomic E-state index is 5.99. The van der Waals surface area contributed by atoms with Gasteiger partial charge >= 0.3 is 0 Å². The van der Waals surface area contributed by atoms with Gasteiger partial charge in [-0.1, -0.05) is 6.07 Å². The first-order valence-corrected chi connectivity index (χ1v) is 6.77. The van der Waals surface area contributed by atoms with Gasteiger partial charge in [-0.15, -0.1) is 5.10 Å². The molecule has 0 aliphatic carbocycles. The van der Waals surface area contributed by atoms with Gasteiger partial charge in [0.25, 0.3) is 0 Å². The van der Waals surface area contributed by atoms with Crippen LogP contribution in [0.1, 0.15) is 25.0 Å². The van der Waals surface area contributed by atoms with Gasteiger partial charge in [-0.05, 0) is 55.3 Å². The van der Waals surface area contributed by atoms with Crippen LogP contribution in [0.3, 0.4) is 0 Å². The molecule has 0 amide bonds. The van der Waals surface area contributed by atoms with E-state index < -0.39 is 0 Å². The molecule has 2 rings (SSSR count). The van der Waals surface area contributed by atoms with E-state index in [1.807, 2.05) is 33.8 Å². The number of aromatic nitrogens is 4.